The first kappa shape index (κ1) is 14.8. The SMILES string of the molecule is C=C.C=C/C(=C\C)OCCSNC. The molecule has 0 aromatic carbocycles. The highest BCUT2D eigenvalue weighted by atomic mass is 32.2. The molecule has 0 aromatic heterocycles. The summed E-state index contributed by atoms with van der Waals surface area (Å²) in [5.74, 6) is 1.79. The third-order valence-corrected chi connectivity index (χ3v) is 1.74. The molecule has 0 amide bonds. The largest absolute Gasteiger partial charge is 0.493 e. The molecule has 0 spiro atoms. The maximum absolute atomic E-state index is 5.32. The fourth-order valence-corrected chi connectivity index (χ4v) is 0.934. The summed E-state index contributed by atoms with van der Waals surface area (Å²) in [6.45, 7) is 12.3. The van der Waals surface area contributed by atoms with Gasteiger partial charge in [0.25, 0.3) is 0 Å². The Morgan fingerprint density at radius 3 is 2.54 bits per heavy atom. The van der Waals surface area contributed by atoms with Crippen LogP contribution in [0.5, 0.6) is 0 Å². The number of hydrogen-bond donors (Lipinski definition) is 1. The Balaban J connectivity index is 0. The van der Waals surface area contributed by atoms with Crippen LogP contribution in [0, 0.1) is 0 Å². The molecule has 2 nitrogen and oxygen atoms in total. The highest BCUT2D eigenvalue weighted by Gasteiger charge is 1.89. The van der Waals surface area contributed by atoms with Gasteiger partial charge in [-0.15, -0.1) is 13.2 Å². The van der Waals surface area contributed by atoms with Crippen LogP contribution in [0.15, 0.2) is 37.6 Å². The van der Waals surface area contributed by atoms with Crippen molar-refractivity contribution in [1.82, 2.24) is 4.72 Å². The molecule has 0 aromatic rings. The molecule has 0 bridgehead atoms. The second-order valence-corrected chi connectivity index (χ2v) is 2.90. The molecule has 76 valence electrons. The summed E-state index contributed by atoms with van der Waals surface area (Å²) in [7, 11) is 1.90. The van der Waals surface area contributed by atoms with Gasteiger partial charge in [-0.05, 0) is 26.1 Å². The maximum Gasteiger partial charge on any atom is 0.114 e. The summed E-state index contributed by atoms with van der Waals surface area (Å²) in [6, 6.07) is 0. The van der Waals surface area contributed by atoms with Crippen LogP contribution in [0.3, 0.4) is 0 Å². The quantitative estimate of drug-likeness (QED) is 0.235. The van der Waals surface area contributed by atoms with E-state index in [2.05, 4.69) is 24.5 Å². The molecule has 0 unspecified atom stereocenters. The normalized spacial score (nSPS) is 9.85. The number of ether oxygens (including phenoxy) is 1. The highest BCUT2D eigenvalue weighted by molar-refractivity contribution is 7.97. The Hall–Kier alpha value is -0.670. The lowest BCUT2D eigenvalue weighted by Gasteiger charge is -2.04. The van der Waals surface area contributed by atoms with E-state index in [0.717, 1.165) is 18.1 Å². The molecule has 0 atom stereocenters. The molecule has 0 rings (SSSR count). The van der Waals surface area contributed by atoms with Crippen LogP contribution in [0.4, 0.5) is 0 Å². The maximum atomic E-state index is 5.32. The zero-order valence-electron chi connectivity index (χ0n) is 8.51. The Bertz CT molecular complexity index is 146. The topological polar surface area (TPSA) is 21.3 Å². The molecule has 3 heteroatoms. The molecule has 0 heterocycles. The zero-order chi connectivity index (χ0) is 10.5. The number of hydrogen-bond acceptors (Lipinski definition) is 3. The van der Waals surface area contributed by atoms with Crippen molar-refractivity contribution in [3.8, 4) is 0 Å². The van der Waals surface area contributed by atoms with Gasteiger partial charge in [0.15, 0.2) is 0 Å². The van der Waals surface area contributed by atoms with Gasteiger partial charge >= 0.3 is 0 Å². The summed E-state index contributed by atoms with van der Waals surface area (Å²) in [6.07, 6.45) is 3.61. The summed E-state index contributed by atoms with van der Waals surface area (Å²) < 4.78 is 8.29. The van der Waals surface area contributed by atoms with Crippen molar-refractivity contribution < 1.29 is 4.74 Å². The molecule has 1 N–H and O–H groups in total. The van der Waals surface area contributed by atoms with E-state index in [0.29, 0.717) is 0 Å². The van der Waals surface area contributed by atoms with Gasteiger partial charge < -0.3 is 4.74 Å². The molecule has 0 aliphatic rings. The minimum Gasteiger partial charge on any atom is -0.493 e. The van der Waals surface area contributed by atoms with Crippen molar-refractivity contribution in [2.75, 3.05) is 19.4 Å². The lowest BCUT2D eigenvalue weighted by Crippen LogP contribution is -2.00. The van der Waals surface area contributed by atoms with Crippen molar-refractivity contribution in [2.45, 2.75) is 6.92 Å². The molecular formula is C10H19NOS. The summed E-state index contributed by atoms with van der Waals surface area (Å²) in [5, 5.41) is 0. The second kappa shape index (κ2) is 13.9. The van der Waals surface area contributed by atoms with E-state index in [9.17, 15) is 0 Å². The predicted molar refractivity (Wildman–Crippen MR) is 62.7 cm³/mol. The summed E-state index contributed by atoms with van der Waals surface area (Å²) >= 11 is 1.63. The lowest BCUT2D eigenvalue weighted by atomic mass is 10.4. The van der Waals surface area contributed by atoms with Crippen molar-refractivity contribution >= 4 is 11.9 Å². The number of allylic oxidation sites excluding steroid dienone is 2. The third-order valence-electron chi connectivity index (χ3n) is 1.08. The van der Waals surface area contributed by atoms with Crippen LogP contribution in [-0.4, -0.2) is 19.4 Å². The van der Waals surface area contributed by atoms with E-state index in [1.165, 1.54) is 0 Å². The zero-order valence-corrected chi connectivity index (χ0v) is 9.32. The van der Waals surface area contributed by atoms with Gasteiger partial charge in [0, 0.05) is 5.75 Å². The molecule has 0 fully saturated rings. The van der Waals surface area contributed by atoms with Gasteiger partial charge in [-0.2, -0.15) is 0 Å². The molecule has 0 aliphatic heterocycles. The van der Waals surface area contributed by atoms with E-state index >= 15 is 0 Å². The molecule has 13 heavy (non-hydrogen) atoms. The fourth-order valence-electron chi connectivity index (χ4n) is 0.563. The minimum absolute atomic E-state index is 0.719. The van der Waals surface area contributed by atoms with Gasteiger partial charge in [-0.1, -0.05) is 18.5 Å². The van der Waals surface area contributed by atoms with Crippen LogP contribution in [0.2, 0.25) is 0 Å². The van der Waals surface area contributed by atoms with Gasteiger partial charge in [0.1, 0.15) is 5.76 Å². The Morgan fingerprint density at radius 1 is 1.54 bits per heavy atom. The van der Waals surface area contributed by atoms with Gasteiger partial charge in [-0.25, -0.2) is 0 Å². The van der Waals surface area contributed by atoms with Crippen LogP contribution < -0.4 is 4.72 Å². The molecule has 0 saturated carbocycles. The van der Waals surface area contributed by atoms with E-state index < -0.39 is 0 Å². The minimum atomic E-state index is 0.719. The van der Waals surface area contributed by atoms with Crippen LogP contribution in [-0.2, 0) is 4.74 Å². The molecule has 0 aliphatic carbocycles. The van der Waals surface area contributed by atoms with E-state index in [1.54, 1.807) is 18.0 Å². The first-order valence-corrected chi connectivity index (χ1v) is 5.03. The van der Waals surface area contributed by atoms with Crippen LogP contribution in [0.25, 0.3) is 0 Å². The number of rotatable bonds is 6. The van der Waals surface area contributed by atoms with Crippen molar-refractivity contribution in [3.63, 3.8) is 0 Å². The standard InChI is InChI=1S/C8H15NOS.C2H4/c1-4-8(5-2)10-6-7-11-9-3;1-2/h4-5,9H,1,6-7H2,2-3H3;1-2H2/b8-5+;. The second-order valence-electron chi connectivity index (χ2n) is 1.80. The average Bonchev–Trinajstić information content (AvgIpc) is 2.21. The first-order valence-electron chi connectivity index (χ1n) is 4.05. The van der Waals surface area contributed by atoms with Crippen molar-refractivity contribution in [1.29, 1.82) is 0 Å². The third kappa shape index (κ3) is 11.3. The number of nitrogens with one attached hydrogen (secondary N) is 1. The Kier molecular flexibility index (Phi) is 15.8. The van der Waals surface area contributed by atoms with Crippen molar-refractivity contribution in [2.24, 2.45) is 0 Å². The first-order chi connectivity index (χ1) is 6.35. The van der Waals surface area contributed by atoms with E-state index in [1.807, 2.05) is 20.0 Å². The Morgan fingerprint density at radius 2 is 2.15 bits per heavy atom. The lowest BCUT2D eigenvalue weighted by molar-refractivity contribution is 0.245. The predicted octanol–water partition coefficient (Wildman–Crippen LogP) is 2.76. The van der Waals surface area contributed by atoms with Crippen LogP contribution in [0.1, 0.15) is 6.92 Å². The van der Waals surface area contributed by atoms with E-state index in [-0.39, 0.29) is 0 Å². The van der Waals surface area contributed by atoms with Crippen molar-refractivity contribution in [3.05, 3.63) is 37.6 Å². The highest BCUT2D eigenvalue weighted by Crippen LogP contribution is 1.99. The summed E-state index contributed by atoms with van der Waals surface area (Å²) in [5.41, 5.74) is 0. The van der Waals surface area contributed by atoms with Gasteiger partial charge in [0.2, 0.25) is 0 Å². The monoisotopic (exact) mass is 201 g/mol. The van der Waals surface area contributed by atoms with Crippen LogP contribution >= 0.6 is 11.9 Å². The Labute approximate surface area is 85.9 Å². The summed E-state index contributed by atoms with van der Waals surface area (Å²) in [4.78, 5) is 0. The molecule has 0 saturated heterocycles. The van der Waals surface area contributed by atoms with Gasteiger partial charge in [-0.3, -0.25) is 4.72 Å². The average molecular weight is 201 g/mol. The molecular weight excluding hydrogens is 182 g/mol. The fraction of sp³-hybridized carbons (Fsp3) is 0.400. The van der Waals surface area contributed by atoms with Gasteiger partial charge in [0.05, 0.1) is 6.61 Å². The smallest absolute Gasteiger partial charge is 0.114 e. The van der Waals surface area contributed by atoms with E-state index in [4.69, 9.17) is 4.74 Å². The molecule has 0 radical (unpaired) electrons.